The predicted octanol–water partition coefficient (Wildman–Crippen LogP) is 3.44. The number of phenolic OH excluding ortho intramolecular Hbond substituents is 1. The summed E-state index contributed by atoms with van der Waals surface area (Å²) in [6, 6.07) is 3.51. The number of aliphatic hydroxyl groups is 1. The Labute approximate surface area is 126 Å². The first kappa shape index (κ1) is 15.8. The van der Waals surface area contributed by atoms with Gasteiger partial charge in [-0.2, -0.15) is 0 Å². The van der Waals surface area contributed by atoms with Crippen molar-refractivity contribution >= 4 is 5.71 Å². The first-order chi connectivity index (χ1) is 9.90. The van der Waals surface area contributed by atoms with Crippen molar-refractivity contribution in [3.05, 3.63) is 23.3 Å². The second kappa shape index (κ2) is 6.06. The summed E-state index contributed by atoms with van der Waals surface area (Å²) in [5, 5.41) is 27.4. The molecule has 0 heterocycles. The topological polar surface area (TPSA) is 73.5 Å². The monoisotopic (exact) mass is 291 g/mol. The number of methoxy groups -OCH3 is 1. The van der Waals surface area contributed by atoms with Gasteiger partial charge in [-0.1, -0.05) is 6.92 Å². The number of aromatic hydroxyl groups is 1. The molecule has 1 aliphatic carbocycles. The van der Waals surface area contributed by atoms with Gasteiger partial charge in [-0.05, 0) is 61.6 Å². The Morgan fingerprint density at radius 1 is 1.38 bits per heavy atom. The van der Waals surface area contributed by atoms with E-state index in [1.165, 1.54) is 0 Å². The zero-order valence-corrected chi connectivity index (χ0v) is 13.1. The van der Waals surface area contributed by atoms with Crippen molar-refractivity contribution in [3.8, 4) is 11.5 Å². The minimum atomic E-state index is 0.0252. The fraction of sp³-hybridized carbons (Fsp3) is 0.588. The van der Waals surface area contributed by atoms with Crippen molar-refractivity contribution < 1.29 is 14.9 Å². The number of ether oxygens (including phenoxy) is 1. The maximum atomic E-state index is 9.93. The molecule has 1 fully saturated rings. The zero-order chi connectivity index (χ0) is 15.6. The van der Waals surface area contributed by atoms with E-state index in [2.05, 4.69) is 6.92 Å². The van der Waals surface area contributed by atoms with Gasteiger partial charge in [0.05, 0.1) is 7.11 Å². The number of benzene rings is 1. The standard InChI is InChI=1S/C17H25NO3/c1-11(18)13-8-15(20)16(21-3)9-14(13)12-4-6-17(2,10-19)7-5-12/h8-9,12,18-20H,4-7,10H2,1-3H3/t12-,17-. The molecular formula is C17H25NO3. The van der Waals surface area contributed by atoms with Gasteiger partial charge in [0.1, 0.15) is 0 Å². The average molecular weight is 291 g/mol. The Hall–Kier alpha value is -1.55. The van der Waals surface area contributed by atoms with Gasteiger partial charge in [0.2, 0.25) is 0 Å². The van der Waals surface area contributed by atoms with Crippen molar-refractivity contribution in [3.63, 3.8) is 0 Å². The second-order valence-electron chi connectivity index (χ2n) is 6.48. The summed E-state index contributed by atoms with van der Waals surface area (Å²) in [5.41, 5.74) is 2.36. The lowest BCUT2D eigenvalue weighted by Crippen LogP contribution is -2.27. The van der Waals surface area contributed by atoms with Crippen LogP contribution in [-0.4, -0.2) is 29.6 Å². The number of hydrogen-bond donors (Lipinski definition) is 3. The van der Waals surface area contributed by atoms with E-state index in [4.69, 9.17) is 10.1 Å². The van der Waals surface area contributed by atoms with Gasteiger partial charge >= 0.3 is 0 Å². The van der Waals surface area contributed by atoms with E-state index in [1.807, 2.05) is 6.07 Å². The molecule has 0 radical (unpaired) electrons. The quantitative estimate of drug-likeness (QED) is 0.744. The van der Waals surface area contributed by atoms with Crippen LogP contribution in [0.4, 0.5) is 0 Å². The number of phenols is 1. The molecule has 0 unspecified atom stereocenters. The van der Waals surface area contributed by atoms with Gasteiger partial charge < -0.3 is 20.4 Å². The Morgan fingerprint density at radius 2 is 2.00 bits per heavy atom. The molecule has 3 N–H and O–H groups in total. The Kier molecular flexibility index (Phi) is 4.57. The molecule has 116 valence electrons. The highest BCUT2D eigenvalue weighted by atomic mass is 16.5. The largest absolute Gasteiger partial charge is 0.504 e. The molecular weight excluding hydrogens is 266 g/mol. The van der Waals surface area contributed by atoms with Crippen molar-refractivity contribution in [1.29, 1.82) is 5.41 Å². The number of aliphatic hydroxyl groups excluding tert-OH is 1. The van der Waals surface area contributed by atoms with E-state index in [0.29, 0.717) is 17.4 Å². The predicted molar refractivity (Wildman–Crippen MR) is 83.6 cm³/mol. The molecule has 1 aromatic carbocycles. The highest BCUT2D eigenvalue weighted by Crippen LogP contribution is 2.45. The minimum absolute atomic E-state index is 0.0252. The van der Waals surface area contributed by atoms with E-state index in [1.54, 1.807) is 20.1 Å². The van der Waals surface area contributed by atoms with Gasteiger partial charge in [-0.25, -0.2) is 0 Å². The summed E-state index contributed by atoms with van der Waals surface area (Å²) in [6.07, 6.45) is 3.94. The fourth-order valence-electron chi connectivity index (χ4n) is 3.19. The van der Waals surface area contributed by atoms with Crippen molar-refractivity contribution in [2.24, 2.45) is 5.41 Å². The lowest BCUT2D eigenvalue weighted by atomic mass is 9.70. The van der Waals surface area contributed by atoms with Gasteiger partial charge in [-0.3, -0.25) is 0 Å². The Bertz CT molecular complexity index is 531. The number of rotatable bonds is 4. The molecule has 1 aromatic rings. The van der Waals surface area contributed by atoms with Crippen molar-refractivity contribution in [2.45, 2.75) is 45.4 Å². The van der Waals surface area contributed by atoms with Crippen LogP contribution in [0.25, 0.3) is 0 Å². The molecule has 0 amide bonds. The zero-order valence-electron chi connectivity index (χ0n) is 13.1. The average Bonchev–Trinajstić information content (AvgIpc) is 2.48. The van der Waals surface area contributed by atoms with E-state index in [9.17, 15) is 10.2 Å². The molecule has 0 aromatic heterocycles. The van der Waals surface area contributed by atoms with Crippen LogP contribution in [-0.2, 0) is 0 Å². The third-order valence-corrected chi connectivity index (χ3v) is 4.77. The van der Waals surface area contributed by atoms with Crippen LogP contribution in [0, 0.1) is 10.8 Å². The molecule has 0 aliphatic heterocycles. The highest BCUT2D eigenvalue weighted by Gasteiger charge is 2.32. The van der Waals surface area contributed by atoms with E-state index >= 15 is 0 Å². The highest BCUT2D eigenvalue weighted by molar-refractivity contribution is 5.98. The summed E-state index contributed by atoms with van der Waals surface area (Å²) in [5.74, 6) is 0.902. The van der Waals surface area contributed by atoms with Gasteiger partial charge in [0.15, 0.2) is 11.5 Å². The summed E-state index contributed by atoms with van der Waals surface area (Å²) in [6.45, 7) is 4.10. The van der Waals surface area contributed by atoms with Crippen LogP contribution < -0.4 is 4.74 Å². The molecule has 0 spiro atoms. The summed E-state index contributed by atoms with van der Waals surface area (Å²) in [4.78, 5) is 0. The SMILES string of the molecule is COc1cc([C@H]2CC[C@](C)(CO)CC2)c(C(C)=N)cc1O. The van der Waals surface area contributed by atoms with E-state index < -0.39 is 0 Å². The molecule has 1 saturated carbocycles. The molecule has 0 atom stereocenters. The maximum Gasteiger partial charge on any atom is 0.160 e. The molecule has 2 rings (SSSR count). The summed E-state index contributed by atoms with van der Waals surface area (Å²) < 4.78 is 5.21. The Balaban J connectivity index is 2.33. The maximum absolute atomic E-state index is 9.93. The first-order valence-corrected chi connectivity index (χ1v) is 7.47. The molecule has 4 heteroatoms. The van der Waals surface area contributed by atoms with E-state index in [-0.39, 0.29) is 17.8 Å². The van der Waals surface area contributed by atoms with Crippen LogP contribution in [0.1, 0.15) is 56.6 Å². The smallest absolute Gasteiger partial charge is 0.160 e. The summed E-state index contributed by atoms with van der Waals surface area (Å²) in [7, 11) is 1.54. The third-order valence-electron chi connectivity index (χ3n) is 4.77. The van der Waals surface area contributed by atoms with Crippen LogP contribution >= 0.6 is 0 Å². The van der Waals surface area contributed by atoms with Crippen LogP contribution in [0.5, 0.6) is 11.5 Å². The number of hydrogen-bond acceptors (Lipinski definition) is 4. The van der Waals surface area contributed by atoms with Crippen molar-refractivity contribution in [1.82, 2.24) is 0 Å². The van der Waals surface area contributed by atoms with E-state index in [0.717, 1.165) is 36.8 Å². The molecule has 4 nitrogen and oxygen atoms in total. The summed E-state index contributed by atoms with van der Waals surface area (Å²) >= 11 is 0. The van der Waals surface area contributed by atoms with Crippen LogP contribution in [0.15, 0.2) is 12.1 Å². The van der Waals surface area contributed by atoms with Gasteiger partial charge in [0, 0.05) is 17.9 Å². The Morgan fingerprint density at radius 3 is 2.48 bits per heavy atom. The normalized spacial score (nSPS) is 25.6. The lowest BCUT2D eigenvalue weighted by molar-refractivity contribution is 0.0934. The third kappa shape index (κ3) is 3.21. The van der Waals surface area contributed by atoms with Crippen molar-refractivity contribution in [2.75, 3.05) is 13.7 Å². The number of nitrogens with one attached hydrogen (secondary N) is 1. The lowest BCUT2D eigenvalue weighted by Gasteiger charge is -2.36. The fourth-order valence-corrected chi connectivity index (χ4v) is 3.19. The molecule has 0 bridgehead atoms. The van der Waals surface area contributed by atoms with Gasteiger partial charge in [-0.15, -0.1) is 0 Å². The molecule has 21 heavy (non-hydrogen) atoms. The molecule has 1 aliphatic rings. The second-order valence-corrected chi connectivity index (χ2v) is 6.48. The minimum Gasteiger partial charge on any atom is -0.504 e. The van der Waals surface area contributed by atoms with Crippen LogP contribution in [0.3, 0.4) is 0 Å². The molecule has 0 saturated heterocycles. The van der Waals surface area contributed by atoms with Gasteiger partial charge in [0.25, 0.3) is 0 Å². The first-order valence-electron chi connectivity index (χ1n) is 7.47. The van der Waals surface area contributed by atoms with Crippen LogP contribution in [0.2, 0.25) is 0 Å².